The summed E-state index contributed by atoms with van der Waals surface area (Å²) in [6, 6.07) is 0.0871. The van der Waals surface area contributed by atoms with Gasteiger partial charge in [0.05, 0.1) is 12.2 Å². The van der Waals surface area contributed by atoms with Crippen molar-refractivity contribution in [2.45, 2.75) is 57.4 Å². The van der Waals surface area contributed by atoms with Crippen molar-refractivity contribution in [3.8, 4) is 0 Å². The highest BCUT2D eigenvalue weighted by Gasteiger charge is 2.22. The Bertz CT molecular complexity index is 496. The number of aromatic nitrogens is 2. The number of anilines is 1. The van der Waals surface area contributed by atoms with Crippen LogP contribution in [0.3, 0.4) is 0 Å². The van der Waals surface area contributed by atoms with Gasteiger partial charge >= 0.3 is 0 Å². The summed E-state index contributed by atoms with van der Waals surface area (Å²) in [5.74, 6) is 0.206. The number of sulfonamides is 1. The molecule has 1 heterocycles. The number of nitrogen functional groups attached to an aromatic ring is 1. The van der Waals surface area contributed by atoms with E-state index < -0.39 is 10.0 Å². The van der Waals surface area contributed by atoms with E-state index in [1.165, 1.54) is 6.20 Å². The van der Waals surface area contributed by atoms with E-state index in [2.05, 4.69) is 16.7 Å². The van der Waals surface area contributed by atoms with Crippen LogP contribution < -0.4 is 10.5 Å². The largest absolute Gasteiger partial charge is 0.383 e. The molecule has 0 spiro atoms. The summed E-state index contributed by atoms with van der Waals surface area (Å²) in [7, 11) is -3.55. The van der Waals surface area contributed by atoms with Crippen molar-refractivity contribution >= 4 is 15.8 Å². The molecular formula is C12H24N4O2S. The van der Waals surface area contributed by atoms with Gasteiger partial charge in [0.25, 0.3) is 0 Å². The molecule has 0 amide bonds. The van der Waals surface area contributed by atoms with Crippen LogP contribution in [0.2, 0.25) is 0 Å². The van der Waals surface area contributed by atoms with E-state index >= 15 is 0 Å². The molecule has 3 N–H and O–H groups in total. The minimum absolute atomic E-state index is 0.0734. The number of hydrogen-bond donors (Lipinski definition) is 2. The SMILES string of the molecule is CCCCCNS(=O)(=O)c1cnn(C(C)CC)c1N. The van der Waals surface area contributed by atoms with E-state index in [0.29, 0.717) is 6.54 Å². The first-order valence-corrected chi connectivity index (χ1v) is 8.25. The Morgan fingerprint density at radius 2 is 2.11 bits per heavy atom. The molecular weight excluding hydrogens is 264 g/mol. The quantitative estimate of drug-likeness (QED) is 0.715. The van der Waals surface area contributed by atoms with Crippen LogP contribution in [0.5, 0.6) is 0 Å². The normalized spacial score (nSPS) is 13.6. The van der Waals surface area contributed by atoms with E-state index in [0.717, 1.165) is 25.7 Å². The van der Waals surface area contributed by atoms with E-state index in [9.17, 15) is 8.42 Å². The van der Waals surface area contributed by atoms with Crippen LogP contribution in [0.4, 0.5) is 5.82 Å². The number of unbranched alkanes of at least 4 members (excludes halogenated alkanes) is 2. The zero-order chi connectivity index (χ0) is 14.5. The van der Waals surface area contributed by atoms with Crippen LogP contribution in [0.15, 0.2) is 11.1 Å². The first-order valence-electron chi connectivity index (χ1n) is 6.76. The molecule has 0 fully saturated rings. The topological polar surface area (TPSA) is 90.0 Å². The highest BCUT2D eigenvalue weighted by atomic mass is 32.2. The molecule has 7 heteroatoms. The second kappa shape index (κ2) is 6.91. The van der Waals surface area contributed by atoms with Crippen molar-refractivity contribution in [1.29, 1.82) is 0 Å². The van der Waals surface area contributed by atoms with Gasteiger partial charge in [0.1, 0.15) is 10.7 Å². The van der Waals surface area contributed by atoms with Gasteiger partial charge in [-0.1, -0.05) is 26.7 Å². The Hall–Kier alpha value is -1.08. The lowest BCUT2D eigenvalue weighted by Crippen LogP contribution is -2.25. The second-order valence-corrected chi connectivity index (χ2v) is 6.44. The van der Waals surface area contributed by atoms with E-state index in [-0.39, 0.29) is 16.8 Å². The maximum Gasteiger partial charge on any atom is 0.245 e. The van der Waals surface area contributed by atoms with Gasteiger partial charge in [0, 0.05) is 6.54 Å². The standard InChI is InChI=1S/C12H24N4O2S/c1-4-6-7-8-15-19(17,18)11-9-14-16(12(11)13)10(3)5-2/h9-10,15H,4-8,13H2,1-3H3. The maximum absolute atomic E-state index is 12.1. The van der Waals surface area contributed by atoms with Gasteiger partial charge in [-0.15, -0.1) is 0 Å². The molecule has 1 aromatic rings. The number of rotatable bonds is 8. The highest BCUT2D eigenvalue weighted by Crippen LogP contribution is 2.22. The van der Waals surface area contributed by atoms with Crippen LogP contribution in [0, 0.1) is 0 Å². The molecule has 0 aliphatic carbocycles. The van der Waals surface area contributed by atoms with Crippen molar-refractivity contribution in [2.75, 3.05) is 12.3 Å². The third-order valence-electron chi connectivity index (χ3n) is 3.17. The first kappa shape index (κ1) is 16.0. The molecule has 0 radical (unpaired) electrons. The summed E-state index contributed by atoms with van der Waals surface area (Å²) < 4.78 is 28.3. The molecule has 0 saturated heterocycles. The second-order valence-electron chi connectivity index (χ2n) is 4.70. The van der Waals surface area contributed by atoms with Crippen LogP contribution in [-0.2, 0) is 10.0 Å². The molecule has 6 nitrogen and oxygen atoms in total. The molecule has 0 saturated carbocycles. The van der Waals surface area contributed by atoms with Crippen LogP contribution in [-0.4, -0.2) is 24.7 Å². The zero-order valence-corrected chi connectivity index (χ0v) is 12.7. The van der Waals surface area contributed by atoms with Gasteiger partial charge in [0.15, 0.2) is 0 Å². The molecule has 0 aliphatic heterocycles. The smallest absolute Gasteiger partial charge is 0.245 e. The van der Waals surface area contributed by atoms with E-state index in [4.69, 9.17) is 5.73 Å². The zero-order valence-electron chi connectivity index (χ0n) is 11.9. The monoisotopic (exact) mass is 288 g/mol. The van der Waals surface area contributed by atoms with Crippen molar-refractivity contribution < 1.29 is 8.42 Å². The summed E-state index contributed by atoms with van der Waals surface area (Å²) in [5.41, 5.74) is 5.88. The van der Waals surface area contributed by atoms with Gasteiger partial charge in [-0.25, -0.2) is 17.8 Å². The van der Waals surface area contributed by atoms with Crippen molar-refractivity contribution in [3.05, 3.63) is 6.20 Å². The first-order chi connectivity index (χ1) is 8.94. The Kier molecular flexibility index (Phi) is 5.81. The lowest BCUT2D eigenvalue weighted by Gasteiger charge is -2.11. The Labute approximate surface area is 115 Å². The molecule has 1 unspecified atom stereocenters. The van der Waals surface area contributed by atoms with Gasteiger partial charge in [-0.2, -0.15) is 5.10 Å². The highest BCUT2D eigenvalue weighted by molar-refractivity contribution is 7.89. The summed E-state index contributed by atoms with van der Waals surface area (Å²) in [6.45, 7) is 6.46. The van der Waals surface area contributed by atoms with Crippen LogP contribution >= 0.6 is 0 Å². The average Bonchev–Trinajstić information content (AvgIpc) is 2.76. The fourth-order valence-corrected chi connectivity index (χ4v) is 2.87. The van der Waals surface area contributed by atoms with Gasteiger partial charge in [-0.3, -0.25) is 0 Å². The third kappa shape index (κ3) is 3.94. The predicted molar refractivity (Wildman–Crippen MR) is 76.4 cm³/mol. The molecule has 0 aromatic carbocycles. The molecule has 19 heavy (non-hydrogen) atoms. The molecule has 0 aliphatic rings. The molecule has 110 valence electrons. The fourth-order valence-electron chi connectivity index (χ4n) is 1.75. The van der Waals surface area contributed by atoms with E-state index in [1.807, 2.05) is 13.8 Å². The summed E-state index contributed by atoms with van der Waals surface area (Å²) in [6.07, 6.45) is 5.05. The number of nitrogens with zero attached hydrogens (tertiary/aromatic N) is 2. The van der Waals surface area contributed by atoms with Gasteiger partial charge < -0.3 is 5.73 Å². The number of hydrogen-bond acceptors (Lipinski definition) is 4. The lowest BCUT2D eigenvalue weighted by molar-refractivity contribution is 0.484. The minimum atomic E-state index is -3.55. The average molecular weight is 288 g/mol. The van der Waals surface area contributed by atoms with Gasteiger partial charge in [0.2, 0.25) is 10.0 Å². The number of nitrogens with one attached hydrogen (secondary N) is 1. The summed E-state index contributed by atoms with van der Waals surface area (Å²) in [4.78, 5) is 0.0734. The van der Waals surface area contributed by atoms with Crippen LogP contribution in [0.25, 0.3) is 0 Å². The number of nitrogens with two attached hydrogens (primary N) is 1. The molecule has 1 aromatic heterocycles. The Balaban J connectivity index is 2.81. The minimum Gasteiger partial charge on any atom is -0.383 e. The molecule has 1 atom stereocenters. The molecule has 0 bridgehead atoms. The fraction of sp³-hybridized carbons (Fsp3) is 0.750. The summed E-state index contributed by atoms with van der Waals surface area (Å²) >= 11 is 0. The van der Waals surface area contributed by atoms with Crippen LogP contribution in [0.1, 0.15) is 52.5 Å². The van der Waals surface area contributed by atoms with Crippen molar-refractivity contribution in [2.24, 2.45) is 0 Å². The maximum atomic E-state index is 12.1. The third-order valence-corrected chi connectivity index (χ3v) is 4.65. The van der Waals surface area contributed by atoms with Crippen molar-refractivity contribution in [3.63, 3.8) is 0 Å². The Morgan fingerprint density at radius 1 is 1.42 bits per heavy atom. The van der Waals surface area contributed by atoms with Gasteiger partial charge in [-0.05, 0) is 19.8 Å². The predicted octanol–water partition coefficient (Wildman–Crippen LogP) is 1.90. The van der Waals surface area contributed by atoms with E-state index in [1.54, 1.807) is 4.68 Å². The summed E-state index contributed by atoms with van der Waals surface area (Å²) in [5, 5.41) is 4.07. The molecule has 1 rings (SSSR count). The van der Waals surface area contributed by atoms with Crippen molar-refractivity contribution in [1.82, 2.24) is 14.5 Å². The Morgan fingerprint density at radius 3 is 2.68 bits per heavy atom. The lowest BCUT2D eigenvalue weighted by atomic mass is 10.3.